The van der Waals surface area contributed by atoms with Crippen molar-refractivity contribution in [1.29, 1.82) is 0 Å². The summed E-state index contributed by atoms with van der Waals surface area (Å²) in [5.41, 5.74) is 6.72. The van der Waals surface area contributed by atoms with Crippen molar-refractivity contribution in [3.8, 4) is 0 Å². The Morgan fingerprint density at radius 2 is 1.94 bits per heavy atom. The molecule has 2 aliphatic heterocycles. The molecule has 0 aliphatic carbocycles. The second kappa shape index (κ2) is 4.97. The third kappa shape index (κ3) is 3.03. The maximum atomic E-state index is 6.18. The van der Waals surface area contributed by atoms with Crippen LogP contribution in [0.1, 0.15) is 34.1 Å². The van der Waals surface area contributed by atoms with Crippen LogP contribution >= 0.6 is 11.8 Å². The molecule has 0 aromatic rings. The number of thioether (sulfide) groups is 1. The maximum Gasteiger partial charge on any atom is 0.0753 e. The molecule has 18 heavy (non-hydrogen) atoms. The van der Waals surface area contributed by atoms with Crippen molar-refractivity contribution in [2.45, 2.75) is 45.3 Å². The highest BCUT2D eigenvalue weighted by Crippen LogP contribution is 2.42. The molecule has 2 saturated heterocycles. The van der Waals surface area contributed by atoms with Gasteiger partial charge < -0.3 is 10.5 Å². The maximum absolute atomic E-state index is 6.18. The molecule has 0 aromatic carbocycles. The molecule has 2 fully saturated rings. The second-order valence-corrected chi connectivity index (χ2v) is 8.28. The first-order chi connectivity index (χ1) is 8.29. The van der Waals surface area contributed by atoms with Gasteiger partial charge in [0.1, 0.15) is 0 Å². The Balaban J connectivity index is 2.16. The summed E-state index contributed by atoms with van der Waals surface area (Å²) in [7, 11) is 0. The van der Waals surface area contributed by atoms with Crippen LogP contribution in [0.25, 0.3) is 0 Å². The van der Waals surface area contributed by atoms with Crippen LogP contribution in [0.15, 0.2) is 0 Å². The Morgan fingerprint density at radius 1 is 1.22 bits per heavy atom. The molecule has 2 N–H and O–H groups in total. The summed E-state index contributed by atoms with van der Waals surface area (Å²) < 4.78 is 5.84. The quantitative estimate of drug-likeness (QED) is 0.834. The van der Waals surface area contributed by atoms with Gasteiger partial charge in [0.25, 0.3) is 0 Å². The van der Waals surface area contributed by atoms with Gasteiger partial charge in [-0.3, -0.25) is 4.90 Å². The van der Waals surface area contributed by atoms with Gasteiger partial charge in [-0.1, -0.05) is 13.8 Å². The van der Waals surface area contributed by atoms with E-state index in [4.69, 9.17) is 10.5 Å². The van der Waals surface area contributed by atoms with E-state index in [0.717, 1.165) is 26.2 Å². The topological polar surface area (TPSA) is 38.5 Å². The van der Waals surface area contributed by atoms with Gasteiger partial charge >= 0.3 is 0 Å². The van der Waals surface area contributed by atoms with Crippen molar-refractivity contribution in [2.24, 2.45) is 11.1 Å². The van der Waals surface area contributed by atoms with Crippen molar-refractivity contribution in [2.75, 3.05) is 37.7 Å². The predicted octanol–water partition coefficient (Wildman–Crippen LogP) is 1.96. The Hall–Kier alpha value is 0.230. The minimum absolute atomic E-state index is 0.0350. The Kier molecular flexibility index (Phi) is 4.04. The first kappa shape index (κ1) is 14.6. The lowest BCUT2D eigenvalue weighted by molar-refractivity contribution is -0.117. The van der Waals surface area contributed by atoms with Crippen LogP contribution in [0.2, 0.25) is 0 Å². The van der Waals surface area contributed by atoms with E-state index in [1.165, 1.54) is 17.9 Å². The van der Waals surface area contributed by atoms with Gasteiger partial charge in [-0.05, 0) is 31.4 Å². The van der Waals surface area contributed by atoms with Crippen LogP contribution in [0, 0.1) is 5.41 Å². The van der Waals surface area contributed by atoms with Crippen molar-refractivity contribution >= 4 is 11.8 Å². The number of ether oxygens (including phenoxy) is 1. The third-order valence-electron chi connectivity index (χ3n) is 4.15. The Labute approximate surface area is 116 Å². The molecule has 106 valence electrons. The summed E-state index contributed by atoms with van der Waals surface area (Å²) >= 11 is 2.06. The minimum atomic E-state index is -0.0350. The molecule has 2 heterocycles. The fourth-order valence-corrected chi connectivity index (χ4v) is 4.93. The van der Waals surface area contributed by atoms with E-state index in [0.29, 0.717) is 5.41 Å². The van der Waals surface area contributed by atoms with Gasteiger partial charge in [0.2, 0.25) is 0 Å². The van der Waals surface area contributed by atoms with E-state index in [9.17, 15) is 0 Å². The summed E-state index contributed by atoms with van der Waals surface area (Å²) in [5.74, 6) is 2.42. The molecular weight excluding hydrogens is 244 g/mol. The largest absolute Gasteiger partial charge is 0.373 e. The number of nitrogens with zero attached hydrogens (tertiary/aromatic N) is 1. The van der Waals surface area contributed by atoms with Gasteiger partial charge in [-0.25, -0.2) is 0 Å². The highest BCUT2D eigenvalue weighted by Gasteiger charge is 2.46. The van der Waals surface area contributed by atoms with Gasteiger partial charge in [0.05, 0.1) is 12.2 Å². The first-order valence-electron chi connectivity index (χ1n) is 6.96. The van der Waals surface area contributed by atoms with Crippen molar-refractivity contribution < 1.29 is 4.74 Å². The molecule has 0 radical (unpaired) electrons. The van der Waals surface area contributed by atoms with Crippen LogP contribution in [0.4, 0.5) is 0 Å². The van der Waals surface area contributed by atoms with Gasteiger partial charge in [0, 0.05) is 30.9 Å². The normalized spacial score (nSPS) is 36.5. The van der Waals surface area contributed by atoms with Crippen LogP contribution in [-0.2, 0) is 4.74 Å². The number of nitrogens with two attached hydrogens (primary N) is 1. The summed E-state index contributed by atoms with van der Waals surface area (Å²) in [6, 6.07) is 0. The lowest BCUT2D eigenvalue weighted by atomic mass is 9.78. The lowest BCUT2D eigenvalue weighted by Gasteiger charge is -2.54. The molecule has 1 atom stereocenters. The zero-order valence-corrected chi connectivity index (χ0v) is 13.1. The Bertz CT molecular complexity index is 306. The summed E-state index contributed by atoms with van der Waals surface area (Å²) in [5, 5.41) is 0. The van der Waals surface area contributed by atoms with Gasteiger partial charge in [-0.15, -0.1) is 0 Å². The second-order valence-electron chi connectivity index (χ2n) is 7.29. The summed E-state index contributed by atoms with van der Waals surface area (Å²) in [6.45, 7) is 12.7. The number of hydrogen-bond acceptors (Lipinski definition) is 4. The minimum Gasteiger partial charge on any atom is -0.373 e. The van der Waals surface area contributed by atoms with E-state index < -0.39 is 0 Å². The van der Waals surface area contributed by atoms with Crippen molar-refractivity contribution in [3.05, 3.63) is 0 Å². The number of morpholine rings is 1. The zero-order chi connectivity index (χ0) is 13.4. The third-order valence-corrected chi connectivity index (χ3v) is 5.87. The number of rotatable bonds is 2. The summed E-state index contributed by atoms with van der Waals surface area (Å²) in [6.07, 6.45) is 1.21. The van der Waals surface area contributed by atoms with E-state index in [2.05, 4.69) is 44.4 Å². The van der Waals surface area contributed by atoms with Crippen LogP contribution in [0.5, 0.6) is 0 Å². The fourth-order valence-electron chi connectivity index (χ4n) is 3.39. The van der Waals surface area contributed by atoms with Crippen LogP contribution < -0.4 is 5.73 Å². The molecule has 1 unspecified atom stereocenters. The van der Waals surface area contributed by atoms with Gasteiger partial charge in [0.15, 0.2) is 0 Å². The molecule has 0 saturated carbocycles. The predicted molar refractivity (Wildman–Crippen MR) is 79.1 cm³/mol. The van der Waals surface area contributed by atoms with Crippen molar-refractivity contribution in [3.63, 3.8) is 0 Å². The zero-order valence-electron chi connectivity index (χ0n) is 12.3. The fraction of sp³-hybridized carbons (Fsp3) is 1.00. The average molecular weight is 272 g/mol. The highest BCUT2D eigenvalue weighted by molar-refractivity contribution is 7.99. The standard InChI is InChI=1S/C14H28N2OS/c1-12(2)7-14(8-15,11-18-10-12)16-5-6-17-13(3,4)9-16/h5-11,15H2,1-4H3. The van der Waals surface area contributed by atoms with E-state index in [1.54, 1.807) is 0 Å². The smallest absolute Gasteiger partial charge is 0.0753 e. The SMILES string of the molecule is CC1(C)CSCC(CN)(N2CCOC(C)(C)C2)C1. The van der Waals surface area contributed by atoms with Gasteiger partial charge in [-0.2, -0.15) is 11.8 Å². The van der Waals surface area contributed by atoms with E-state index >= 15 is 0 Å². The van der Waals surface area contributed by atoms with Crippen molar-refractivity contribution in [1.82, 2.24) is 4.90 Å². The highest BCUT2D eigenvalue weighted by atomic mass is 32.2. The molecule has 3 nitrogen and oxygen atoms in total. The van der Waals surface area contributed by atoms with Crippen LogP contribution in [0.3, 0.4) is 0 Å². The summed E-state index contributed by atoms with van der Waals surface area (Å²) in [4.78, 5) is 2.60. The van der Waals surface area contributed by atoms with E-state index in [-0.39, 0.29) is 11.1 Å². The monoisotopic (exact) mass is 272 g/mol. The molecule has 0 bridgehead atoms. The molecular formula is C14H28N2OS. The first-order valence-corrected chi connectivity index (χ1v) is 8.11. The lowest BCUT2D eigenvalue weighted by Crippen LogP contribution is -2.65. The molecule has 0 spiro atoms. The molecule has 0 aromatic heterocycles. The molecule has 0 amide bonds. The number of hydrogen-bond donors (Lipinski definition) is 1. The molecule has 2 rings (SSSR count). The Morgan fingerprint density at radius 3 is 2.50 bits per heavy atom. The molecule has 4 heteroatoms. The average Bonchev–Trinajstić information content (AvgIpc) is 2.26. The van der Waals surface area contributed by atoms with E-state index in [1.807, 2.05) is 0 Å². The molecule has 2 aliphatic rings. The van der Waals surface area contributed by atoms with Crippen LogP contribution in [-0.4, -0.2) is 53.8 Å².